The standard InChI is InChI=1S/C21H25FN4O2S/c22-16-7-5-15(6-8-16)10-23-20(28)11-26-21(17-12-29-13-18(17)25-26)24-19(27)9-14-3-1-2-4-14/h5-8,14H,1-4,9-13H2,(H,23,28)(H,24,27). The molecule has 0 bridgehead atoms. The average molecular weight is 417 g/mol. The van der Waals surface area contributed by atoms with Gasteiger partial charge in [-0.25, -0.2) is 9.07 Å². The Morgan fingerprint density at radius 1 is 1.14 bits per heavy atom. The number of aromatic nitrogens is 2. The smallest absolute Gasteiger partial charge is 0.242 e. The predicted octanol–water partition coefficient (Wildman–Crippen LogP) is 3.60. The van der Waals surface area contributed by atoms with Gasteiger partial charge >= 0.3 is 0 Å². The van der Waals surface area contributed by atoms with Gasteiger partial charge in [-0.15, -0.1) is 0 Å². The molecule has 6 nitrogen and oxygen atoms in total. The summed E-state index contributed by atoms with van der Waals surface area (Å²) < 4.78 is 14.6. The summed E-state index contributed by atoms with van der Waals surface area (Å²) >= 11 is 1.76. The highest BCUT2D eigenvalue weighted by Crippen LogP contribution is 2.35. The molecule has 8 heteroatoms. The second-order valence-corrected chi connectivity index (χ2v) is 8.72. The molecule has 0 radical (unpaired) electrons. The predicted molar refractivity (Wildman–Crippen MR) is 111 cm³/mol. The van der Waals surface area contributed by atoms with Gasteiger partial charge in [-0.2, -0.15) is 16.9 Å². The Labute approximate surface area is 173 Å². The first-order valence-electron chi connectivity index (χ1n) is 10.1. The van der Waals surface area contributed by atoms with Gasteiger partial charge in [-0.05, 0) is 36.5 Å². The lowest BCUT2D eigenvalue weighted by molar-refractivity contribution is -0.122. The minimum absolute atomic E-state index is 0.00414. The Bertz CT molecular complexity index is 891. The summed E-state index contributed by atoms with van der Waals surface area (Å²) in [4.78, 5) is 25.0. The van der Waals surface area contributed by atoms with Crippen molar-refractivity contribution in [2.75, 3.05) is 5.32 Å². The number of rotatable bonds is 7. The first kappa shape index (κ1) is 19.9. The van der Waals surface area contributed by atoms with Gasteiger partial charge in [0.05, 0.1) is 5.69 Å². The molecular formula is C21H25FN4O2S. The van der Waals surface area contributed by atoms with Crippen molar-refractivity contribution in [3.05, 3.63) is 46.9 Å². The third-order valence-electron chi connectivity index (χ3n) is 5.52. The number of fused-ring (bicyclic) bond motifs is 1. The first-order valence-corrected chi connectivity index (χ1v) is 11.2. The molecule has 4 rings (SSSR count). The third kappa shape index (κ3) is 4.98. The van der Waals surface area contributed by atoms with E-state index in [1.807, 2.05) is 0 Å². The molecule has 1 aliphatic carbocycles. The summed E-state index contributed by atoms with van der Waals surface area (Å²) in [5.41, 5.74) is 2.79. The van der Waals surface area contributed by atoms with E-state index in [1.54, 1.807) is 28.6 Å². The van der Waals surface area contributed by atoms with Crippen LogP contribution >= 0.6 is 11.8 Å². The molecule has 2 N–H and O–H groups in total. The monoisotopic (exact) mass is 416 g/mol. The molecule has 0 spiro atoms. The lowest BCUT2D eigenvalue weighted by Crippen LogP contribution is -2.29. The SMILES string of the molecule is O=C(Cn1nc2c(c1NC(=O)CC1CCCC1)CSC2)NCc1ccc(F)cc1. The molecule has 0 atom stereocenters. The summed E-state index contributed by atoms with van der Waals surface area (Å²) in [5, 5.41) is 10.4. The van der Waals surface area contributed by atoms with Crippen LogP contribution in [-0.4, -0.2) is 21.6 Å². The highest BCUT2D eigenvalue weighted by atomic mass is 32.2. The molecule has 1 aromatic carbocycles. The number of hydrogen-bond donors (Lipinski definition) is 2. The fourth-order valence-electron chi connectivity index (χ4n) is 3.97. The largest absolute Gasteiger partial charge is 0.350 e. The normalized spacial score (nSPS) is 16.0. The number of anilines is 1. The van der Waals surface area contributed by atoms with E-state index in [0.717, 1.165) is 41.2 Å². The molecule has 1 saturated carbocycles. The molecule has 1 aliphatic heterocycles. The molecule has 1 fully saturated rings. The van der Waals surface area contributed by atoms with Crippen LogP contribution in [0.2, 0.25) is 0 Å². The first-order chi connectivity index (χ1) is 14.1. The summed E-state index contributed by atoms with van der Waals surface area (Å²) in [6.45, 7) is 0.358. The van der Waals surface area contributed by atoms with Gasteiger partial charge in [0.15, 0.2) is 0 Å². The molecule has 154 valence electrons. The molecule has 2 aromatic rings. The quantitative estimate of drug-likeness (QED) is 0.723. The second-order valence-electron chi connectivity index (χ2n) is 7.73. The lowest BCUT2D eigenvalue weighted by Gasteiger charge is -2.13. The van der Waals surface area contributed by atoms with Gasteiger partial charge in [-0.1, -0.05) is 25.0 Å². The van der Waals surface area contributed by atoms with Crippen LogP contribution in [0.25, 0.3) is 0 Å². The summed E-state index contributed by atoms with van der Waals surface area (Å²) in [6, 6.07) is 6.03. The molecule has 2 amide bonds. The maximum absolute atomic E-state index is 13.0. The van der Waals surface area contributed by atoms with E-state index in [9.17, 15) is 14.0 Å². The molecule has 0 unspecified atom stereocenters. The Kier molecular flexibility index (Phi) is 6.18. The van der Waals surface area contributed by atoms with Crippen molar-refractivity contribution in [1.82, 2.24) is 15.1 Å². The Morgan fingerprint density at radius 3 is 2.66 bits per heavy atom. The zero-order chi connectivity index (χ0) is 20.2. The van der Waals surface area contributed by atoms with Crippen molar-refractivity contribution in [3.63, 3.8) is 0 Å². The topological polar surface area (TPSA) is 76.0 Å². The van der Waals surface area contributed by atoms with Crippen LogP contribution < -0.4 is 10.6 Å². The fourth-order valence-corrected chi connectivity index (χ4v) is 5.01. The van der Waals surface area contributed by atoms with Crippen molar-refractivity contribution in [2.45, 2.75) is 56.7 Å². The Balaban J connectivity index is 1.39. The van der Waals surface area contributed by atoms with Crippen molar-refractivity contribution in [3.8, 4) is 0 Å². The number of nitrogens with one attached hydrogen (secondary N) is 2. The molecule has 0 saturated heterocycles. The maximum Gasteiger partial charge on any atom is 0.242 e. The molecule has 2 aliphatic rings. The van der Waals surface area contributed by atoms with Crippen LogP contribution in [0, 0.1) is 11.7 Å². The minimum Gasteiger partial charge on any atom is -0.350 e. The third-order valence-corrected chi connectivity index (χ3v) is 6.49. The van der Waals surface area contributed by atoms with Crippen molar-refractivity contribution in [1.29, 1.82) is 0 Å². The van der Waals surface area contributed by atoms with Crippen LogP contribution in [-0.2, 0) is 34.2 Å². The number of thioether (sulfide) groups is 1. The number of halogens is 1. The Hall–Kier alpha value is -2.35. The zero-order valence-electron chi connectivity index (χ0n) is 16.2. The van der Waals surface area contributed by atoms with Crippen LogP contribution in [0.3, 0.4) is 0 Å². The van der Waals surface area contributed by atoms with E-state index in [2.05, 4.69) is 15.7 Å². The number of nitrogens with zero attached hydrogens (tertiary/aromatic N) is 2. The Morgan fingerprint density at radius 2 is 1.90 bits per heavy atom. The van der Waals surface area contributed by atoms with E-state index in [0.29, 0.717) is 24.7 Å². The molecule has 1 aromatic heterocycles. The van der Waals surface area contributed by atoms with E-state index >= 15 is 0 Å². The molecule has 29 heavy (non-hydrogen) atoms. The van der Waals surface area contributed by atoms with Gasteiger partial charge in [0, 0.05) is 30.0 Å². The van der Waals surface area contributed by atoms with Crippen LogP contribution in [0.1, 0.15) is 48.9 Å². The highest BCUT2D eigenvalue weighted by Gasteiger charge is 2.26. The summed E-state index contributed by atoms with van der Waals surface area (Å²) in [6.07, 6.45) is 5.18. The van der Waals surface area contributed by atoms with E-state index in [-0.39, 0.29) is 24.2 Å². The number of benzene rings is 1. The van der Waals surface area contributed by atoms with Crippen LogP contribution in [0.15, 0.2) is 24.3 Å². The minimum atomic E-state index is -0.304. The lowest BCUT2D eigenvalue weighted by atomic mass is 10.0. The number of amides is 2. The maximum atomic E-state index is 13.0. The number of hydrogen-bond acceptors (Lipinski definition) is 4. The summed E-state index contributed by atoms with van der Waals surface area (Å²) in [5.74, 6) is 2.22. The van der Waals surface area contributed by atoms with E-state index < -0.39 is 0 Å². The molecule has 2 heterocycles. The van der Waals surface area contributed by atoms with Gasteiger partial charge in [-0.3, -0.25) is 9.59 Å². The van der Waals surface area contributed by atoms with Crippen LogP contribution in [0.5, 0.6) is 0 Å². The van der Waals surface area contributed by atoms with Gasteiger partial charge < -0.3 is 10.6 Å². The van der Waals surface area contributed by atoms with Crippen molar-refractivity contribution >= 4 is 29.4 Å². The van der Waals surface area contributed by atoms with Crippen LogP contribution in [0.4, 0.5) is 10.2 Å². The van der Waals surface area contributed by atoms with Gasteiger partial charge in [0.2, 0.25) is 11.8 Å². The van der Waals surface area contributed by atoms with Gasteiger partial charge in [0.1, 0.15) is 18.2 Å². The van der Waals surface area contributed by atoms with Crippen molar-refractivity contribution < 1.29 is 14.0 Å². The second kappa shape index (κ2) is 8.98. The van der Waals surface area contributed by atoms with Gasteiger partial charge in [0.25, 0.3) is 0 Å². The van der Waals surface area contributed by atoms with Crippen molar-refractivity contribution in [2.24, 2.45) is 5.92 Å². The zero-order valence-corrected chi connectivity index (χ0v) is 17.1. The molecular weight excluding hydrogens is 391 g/mol. The highest BCUT2D eigenvalue weighted by molar-refractivity contribution is 7.98. The summed E-state index contributed by atoms with van der Waals surface area (Å²) in [7, 11) is 0. The number of carbonyl (C=O) groups is 2. The van der Waals surface area contributed by atoms with E-state index in [4.69, 9.17) is 0 Å². The fraction of sp³-hybridized carbons (Fsp3) is 0.476. The van der Waals surface area contributed by atoms with E-state index in [1.165, 1.54) is 25.0 Å². The average Bonchev–Trinajstić information content (AvgIpc) is 3.42. The number of carbonyl (C=O) groups excluding carboxylic acids is 2.